The van der Waals surface area contributed by atoms with Crippen molar-refractivity contribution < 1.29 is 22.7 Å². The van der Waals surface area contributed by atoms with E-state index in [1.165, 1.54) is 22.8 Å². The Morgan fingerprint density at radius 1 is 1.11 bits per heavy atom. The van der Waals surface area contributed by atoms with Gasteiger partial charge in [0.1, 0.15) is 28.6 Å². The Bertz CT molecular complexity index is 1620. The lowest BCUT2D eigenvalue weighted by molar-refractivity contribution is -0.170. The van der Waals surface area contributed by atoms with Gasteiger partial charge in [-0.3, -0.25) is 4.79 Å². The molecule has 1 atom stereocenters. The molecular formula is C27H25BrF4N4O2. The van der Waals surface area contributed by atoms with Crippen molar-refractivity contribution in [2.75, 3.05) is 5.32 Å². The summed E-state index contributed by atoms with van der Waals surface area (Å²) in [5.41, 5.74) is -2.79. The summed E-state index contributed by atoms with van der Waals surface area (Å²) in [7, 11) is 1.57. The topological polar surface area (TPSA) is 80.0 Å². The summed E-state index contributed by atoms with van der Waals surface area (Å²) in [6.07, 6.45) is 1.56. The number of hydrogen-bond acceptors (Lipinski definition) is 5. The van der Waals surface area contributed by atoms with Crippen molar-refractivity contribution in [3.63, 3.8) is 0 Å². The zero-order valence-electron chi connectivity index (χ0n) is 21.2. The summed E-state index contributed by atoms with van der Waals surface area (Å²) in [5.74, 6) is -5.29. The van der Waals surface area contributed by atoms with Gasteiger partial charge in [-0.05, 0) is 67.4 Å². The monoisotopic (exact) mass is 592 g/mol. The molecule has 38 heavy (non-hydrogen) atoms. The zero-order valence-corrected chi connectivity index (χ0v) is 22.8. The quantitative estimate of drug-likeness (QED) is 0.254. The molecule has 0 unspecified atom stereocenters. The normalized spacial score (nSPS) is 13.1. The first-order chi connectivity index (χ1) is 17.6. The molecule has 0 aliphatic rings. The Hall–Kier alpha value is -3.31. The Kier molecular flexibility index (Phi) is 7.13. The van der Waals surface area contributed by atoms with Crippen molar-refractivity contribution in [2.45, 2.75) is 45.3 Å². The molecule has 6 nitrogen and oxygen atoms in total. The van der Waals surface area contributed by atoms with E-state index in [2.05, 4.69) is 31.2 Å². The highest BCUT2D eigenvalue weighted by molar-refractivity contribution is 9.10. The lowest BCUT2D eigenvalue weighted by atomic mass is 9.91. The Balaban J connectivity index is 1.84. The van der Waals surface area contributed by atoms with Crippen molar-refractivity contribution in [3.8, 4) is 11.1 Å². The molecule has 2 aromatic carbocycles. The second-order valence-corrected chi connectivity index (χ2v) is 10.4. The van der Waals surface area contributed by atoms with Crippen LogP contribution in [0, 0.1) is 18.6 Å². The molecule has 4 aromatic rings. The number of halogens is 5. The molecule has 0 amide bonds. The van der Waals surface area contributed by atoms with E-state index >= 15 is 8.78 Å². The number of aromatic nitrogens is 3. The van der Waals surface area contributed by atoms with E-state index in [1.54, 1.807) is 39.2 Å². The van der Waals surface area contributed by atoms with Crippen LogP contribution in [-0.4, -0.2) is 25.2 Å². The van der Waals surface area contributed by atoms with E-state index in [-0.39, 0.29) is 38.1 Å². The molecular weight excluding hydrogens is 568 g/mol. The van der Waals surface area contributed by atoms with E-state index in [9.17, 15) is 18.7 Å². The van der Waals surface area contributed by atoms with Gasteiger partial charge in [0.05, 0.1) is 16.1 Å². The van der Waals surface area contributed by atoms with Crippen LogP contribution in [0.4, 0.5) is 23.4 Å². The minimum Gasteiger partial charge on any atom is -0.384 e. The summed E-state index contributed by atoms with van der Waals surface area (Å²) in [6, 6.07) is 7.23. The molecule has 0 bridgehead atoms. The third-order valence-corrected chi connectivity index (χ3v) is 7.11. The largest absolute Gasteiger partial charge is 0.384 e. The summed E-state index contributed by atoms with van der Waals surface area (Å²) in [4.78, 5) is 20.4. The predicted octanol–water partition coefficient (Wildman–Crippen LogP) is 6.38. The molecule has 2 aromatic heterocycles. The number of fused-ring (bicyclic) bond motifs is 1. The van der Waals surface area contributed by atoms with Crippen LogP contribution < -0.4 is 10.9 Å². The molecule has 2 heterocycles. The van der Waals surface area contributed by atoms with Gasteiger partial charge >= 0.3 is 5.92 Å². The van der Waals surface area contributed by atoms with Crippen molar-refractivity contribution in [1.82, 2.24) is 14.5 Å². The summed E-state index contributed by atoms with van der Waals surface area (Å²) in [5, 5.41) is 13.2. The molecule has 0 aliphatic heterocycles. The van der Waals surface area contributed by atoms with Crippen molar-refractivity contribution in [2.24, 2.45) is 7.05 Å². The Morgan fingerprint density at radius 3 is 2.42 bits per heavy atom. The average Bonchev–Trinajstić information content (AvgIpc) is 2.82. The first-order valence-corrected chi connectivity index (χ1v) is 12.4. The van der Waals surface area contributed by atoms with E-state index in [0.717, 1.165) is 19.9 Å². The molecule has 4 rings (SSSR count). The molecule has 2 N–H and O–H groups in total. The Morgan fingerprint density at radius 2 is 1.79 bits per heavy atom. The van der Waals surface area contributed by atoms with E-state index < -0.39 is 34.8 Å². The van der Waals surface area contributed by atoms with Crippen LogP contribution in [0.25, 0.3) is 22.0 Å². The van der Waals surface area contributed by atoms with Gasteiger partial charge < -0.3 is 15.0 Å². The minimum atomic E-state index is -3.86. The average molecular weight is 593 g/mol. The highest BCUT2D eigenvalue weighted by atomic mass is 79.9. The van der Waals surface area contributed by atoms with Gasteiger partial charge in [-0.2, -0.15) is 8.78 Å². The first-order valence-electron chi connectivity index (χ1n) is 11.6. The number of pyridine rings is 1. The van der Waals surface area contributed by atoms with Crippen LogP contribution in [0.1, 0.15) is 43.8 Å². The smallest absolute Gasteiger partial charge is 0.303 e. The number of aliphatic hydroxyl groups is 1. The summed E-state index contributed by atoms with van der Waals surface area (Å²) < 4.78 is 61.9. The maximum atomic E-state index is 15.5. The van der Waals surface area contributed by atoms with Crippen LogP contribution in [0.5, 0.6) is 0 Å². The van der Waals surface area contributed by atoms with Crippen LogP contribution in [0.15, 0.2) is 51.9 Å². The molecule has 0 saturated carbocycles. The van der Waals surface area contributed by atoms with Gasteiger partial charge in [-0.25, -0.2) is 18.7 Å². The molecule has 0 aliphatic carbocycles. The van der Waals surface area contributed by atoms with Gasteiger partial charge in [-0.15, -0.1) is 0 Å². The number of nitrogens with one attached hydrogen (secondary N) is 1. The van der Waals surface area contributed by atoms with Crippen LogP contribution in [0.3, 0.4) is 0 Å². The SMILES string of the molecule is Cc1nc(N[C@H](C)c2cccc(C(F)(F)C(C)(C)O)c2F)c2cc(-c3ccc(=O)n(C)c3)c(Br)c(F)c2n1. The van der Waals surface area contributed by atoms with Gasteiger partial charge in [-0.1, -0.05) is 12.1 Å². The second kappa shape index (κ2) is 9.77. The lowest BCUT2D eigenvalue weighted by Gasteiger charge is -2.30. The molecule has 200 valence electrons. The third kappa shape index (κ3) is 4.80. The van der Waals surface area contributed by atoms with E-state index in [1.807, 2.05) is 0 Å². The molecule has 0 fully saturated rings. The van der Waals surface area contributed by atoms with Crippen LogP contribution >= 0.6 is 15.9 Å². The van der Waals surface area contributed by atoms with Gasteiger partial charge in [0.25, 0.3) is 0 Å². The number of aryl methyl sites for hydroxylation is 2. The fraction of sp³-hybridized carbons (Fsp3) is 0.296. The summed E-state index contributed by atoms with van der Waals surface area (Å²) in [6.45, 7) is 4.93. The minimum absolute atomic E-state index is 0.00423. The van der Waals surface area contributed by atoms with Crippen molar-refractivity contribution in [3.05, 3.63) is 86.0 Å². The standard InChI is InChI=1S/C27H25BrF4N4O2/c1-13(16-7-6-8-19(22(16)29)27(31,32)26(3,4)38)33-25-18-11-17(15-9-10-20(37)36(5)12-15)21(28)23(30)24(18)34-14(2)35-25/h6-13,38H,1-5H3,(H,33,34,35)/t13-/m1/s1. The van der Waals surface area contributed by atoms with Gasteiger partial charge in [0.2, 0.25) is 5.56 Å². The van der Waals surface area contributed by atoms with Gasteiger partial charge in [0, 0.05) is 35.8 Å². The molecule has 0 saturated heterocycles. The molecule has 0 spiro atoms. The third-order valence-electron chi connectivity index (χ3n) is 6.34. The molecule has 0 radical (unpaired) electrons. The number of alkyl halides is 2. The van der Waals surface area contributed by atoms with E-state index in [0.29, 0.717) is 11.1 Å². The van der Waals surface area contributed by atoms with E-state index in [4.69, 9.17) is 0 Å². The maximum Gasteiger partial charge on any atom is 0.303 e. The van der Waals surface area contributed by atoms with Crippen LogP contribution in [-0.2, 0) is 13.0 Å². The van der Waals surface area contributed by atoms with Crippen molar-refractivity contribution >= 4 is 32.7 Å². The summed E-state index contributed by atoms with van der Waals surface area (Å²) >= 11 is 3.29. The Labute approximate surface area is 224 Å². The number of benzene rings is 2. The van der Waals surface area contributed by atoms with Crippen LogP contribution in [0.2, 0.25) is 0 Å². The second-order valence-electron chi connectivity index (χ2n) is 9.64. The number of rotatable bonds is 6. The maximum absolute atomic E-state index is 15.5. The molecule has 11 heteroatoms. The fourth-order valence-electron chi connectivity index (χ4n) is 4.13. The predicted molar refractivity (Wildman–Crippen MR) is 141 cm³/mol. The fourth-order valence-corrected chi connectivity index (χ4v) is 4.66. The number of anilines is 1. The number of nitrogens with zero attached hydrogens (tertiary/aromatic N) is 3. The first kappa shape index (κ1) is 27.7. The zero-order chi connectivity index (χ0) is 28.2. The highest BCUT2D eigenvalue weighted by Crippen LogP contribution is 2.42. The van der Waals surface area contributed by atoms with Gasteiger partial charge in [0.15, 0.2) is 5.82 Å². The van der Waals surface area contributed by atoms with Crippen molar-refractivity contribution in [1.29, 1.82) is 0 Å². The number of hydrogen-bond donors (Lipinski definition) is 2. The lowest BCUT2D eigenvalue weighted by Crippen LogP contribution is -2.41. The highest BCUT2D eigenvalue weighted by Gasteiger charge is 2.49.